The molecule has 1 aliphatic rings. The fourth-order valence-corrected chi connectivity index (χ4v) is 5.25. The van der Waals surface area contributed by atoms with Gasteiger partial charge >= 0.3 is 35.5 Å². The number of carboxylic acid groups (broad SMARTS) is 1. The van der Waals surface area contributed by atoms with E-state index in [9.17, 15) is 14.7 Å². The molecule has 0 spiro atoms. The number of unbranched alkanes of at least 4 members (excludes halogenated alkanes) is 1. The molecular weight excluding hydrogens is 531 g/mol. The molecule has 0 fully saturated rings. The van der Waals surface area contributed by atoms with Gasteiger partial charge in [-0.3, -0.25) is 4.79 Å². The molecule has 0 amide bonds. The van der Waals surface area contributed by atoms with Gasteiger partial charge in [-0.05, 0) is 53.8 Å². The van der Waals surface area contributed by atoms with Crippen molar-refractivity contribution in [3.63, 3.8) is 0 Å². The van der Waals surface area contributed by atoms with Crippen LogP contribution >= 0.6 is 11.6 Å². The number of hydrogen-bond acceptors (Lipinski definition) is 9. The van der Waals surface area contributed by atoms with Gasteiger partial charge in [0, 0.05) is 12.1 Å². The first-order valence-corrected chi connectivity index (χ1v) is 13.0. The Morgan fingerprint density at radius 2 is 1.82 bits per heavy atom. The molecule has 2 unspecified atom stereocenters. The molecule has 0 saturated carbocycles. The van der Waals surface area contributed by atoms with Gasteiger partial charge in [0.2, 0.25) is 0 Å². The average Bonchev–Trinajstić information content (AvgIpc) is 3.54. The van der Waals surface area contributed by atoms with E-state index >= 15 is 0 Å². The Kier molecular flexibility index (Phi) is 10.5. The predicted octanol–water partition coefficient (Wildman–Crippen LogP) is 0.186. The van der Waals surface area contributed by atoms with Gasteiger partial charge in [0.15, 0.2) is 5.82 Å². The van der Waals surface area contributed by atoms with E-state index in [0.29, 0.717) is 12.2 Å². The van der Waals surface area contributed by atoms with Gasteiger partial charge in [-0.25, -0.2) is 5.10 Å². The van der Waals surface area contributed by atoms with Crippen LogP contribution in [-0.4, -0.2) is 49.7 Å². The average molecular weight is 561 g/mol. The Bertz CT molecular complexity index is 1320. The largest absolute Gasteiger partial charge is 1.00 e. The van der Waals surface area contributed by atoms with E-state index < -0.39 is 23.5 Å². The molecule has 3 aromatic rings. The molecule has 2 aromatic carbocycles. The van der Waals surface area contributed by atoms with Crippen LogP contribution < -0.4 is 40.0 Å². The molecule has 0 radical (unpaired) electrons. The first kappa shape index (κ1) is 30.6. The van der Waals surface area contributed by atoms with E-state index in [-0.39, 0.29) is 53.6 Å². The van der Waals surface area contributed by atoms with Crippen LogP contribution in [0.4, 0.5) is 0 Å². The molecule has 1 aromatic heterocycles. The van der Waals surface area contributed by atoms with Crippen molar-refractivity contribution in [1.82, 2.24) is 30.8 Å². The number of esters is 1. The number of ether oxygens (including phenoxy) is 1. The summed E-state index contributed by atoms with van der Waals surface area (Å²) in [7, 11) is 0. The number of nitrogens with zero attached hydrogens (tertiary/aromatic N) is 4. The van der Waals surface area contributed by atoms with Gasteiger partial charge in [0.1, 0.15) is 10.8 Å². The molecule has 0 bridgehead atoms. The zero-order chi connectivity index (χ0) is 27.3. The Labute approximate surface area is 254 Å². The summed E-state index contributed by atoms with van der Waals surface area (Å²) in [5.74, 6) is -2.00. The Morgan fingerprint density at radius 1 is 1.13 bits per heavy atom. The second kappa shape index (κ2) is 13.4. The molecule has 2 heterocycles. The summed E-state index contributed by atoms with van der Waals surface area (Å²) in [4.78, 5) is 26.7. The first-order chi connectivity index (χ1) is 18.3. The standard InChI is InChI=1S/C27H31ClN6O4.Na/c1-4-6-15-27(17(3)26(37)38-5-2)29-23(28)22(25(35)36)34(27)16-18-11-13-19(14-12-18)20-9-7-8-10-21(20)24-30-32-33-31-24;/h7-14,17,29H,4-6,15-16H2,1-3H3,(H,35,36)(H,30,31,32,33);/q;+1/p-1. The number of aliphatic carboxylic acids is 1. The third kappa shape index (κ3) is 6.30. The number of benzene rings is 2. The molecule has 1 aliphatic heterocycles. The normalized spacial score (nSPS) is 17.4. The van der Waals surface area contributed by atoms with Crippen molar-refractivity contribution in [3.05, 3.63) is 64.9 Å². The number of halogens is 1. The molecule has 2 atom stereocenters. The van der Waals surface area contributed by atoms with Crippen LogP contribution in [0.3, 0.4) is 0 Å². The molecule has 0 saturated heterocycles. The minimum absolute atomic E-state index is 0. The number of aromatic nitrogens is 4. The quantitative estimate of drug-likeness (QED) is 0.191. The monoisotopic (exact) mass is 560 g/mol. The molecule has 4 rings (SSSR count). The molecule has 0 aliphatic carbocycles. The number of carbonyl (C=O) groups is 2. The summed E-state index contributed by atoms with van der Waals surface area (Å²) in [6.45, 7) is 5.90. The predicted molar refractivity (Wildman–Crippen MR) is 140 cm³/mol. The molecule has 10 nitrogen and oxygen atoms in total. The summed E-state index contributed by atoms with van der Waals surface area (Å²) in [5.41, 5.74) is 2.30. The Balaban J connectivity index is 0.00000420. The van der Waals surface area contributed by atoms with Crippen LogP contribution in [0.25, 0.3) is 22.5 Å². The van der Waals surface area contributed by atoms with E-state index in [4.69, 9.17) is 16.3 Å². The van der Waals surface area contributed by atoms with Gasteiger partial charge in [0.05, 0.1) is 24.2 Å². The van der Waals surface area contributed by atoms with E-state index in [2.05, 4.69) is 25.9 Å². The van der Waals surface area contributed by atoms with E-state index in [1.165, 1.54) is 0 Å². The summed E-state index contributed by atoms with van der Waals surface area (Å²) >= 11 is 6.43. The minimum atomic E-state index is -1.41. The van der Waals surface area contributed by atoms with Crippen LogP contribution in [-0.2, 0) is 20.9 Å². The van der Waals surface area contributed by atoms with Gasteiger partial charge in [-0.15, -0.1) is 5.10 Å². The summed E-state index contributed by atoms with van der Waals surface area (Å²) in [5, 5.41) is 29.5. The van der Waals surface area contributed by atoms with Crippen molar-refractivity contribution in [2.45, 2.75) is 52.2 Å². The van der Waals surface area contributed by atoms with Crippen molar-refractivity contribution in [2.24, 2.45) is 5.92 Å². The second-order valence-electron chi connectivity index (χ2n) is 9.16. The number of nitrogens with one attached hydrogen (secondary N) is 2. The third-order valence-corrected chi connectivity index (χ3v) is 7.15. The third-order valence-electron chi connectivity index (χ3n) is 6.88. The van der Waals surface area contributed by atoms with Crippen LogP contribution in [0.2, 0.25) is 0 Å². The maximum absolute atomic E-state index is 12.9. The van der Waals surface area contributed by atoms with Crippen molar-refractivity contribution in [2.75, 3.05) is 6.61 Å². The number of rotatable bonds is 11. The van der Waals surface area contributed by atoms with Crippen LogP contribution in [0.5, 0.6) is 0 Å². The first-order valence-electron chi connectivity index (χ1n) is 12.6. The van der Waals surface area contributed by atoms with Gasteiger partial charge < -0.3 is 24.9 Å². The SMILES string of the molecule is CCCCC1(C(C)C(=O)OCC)NC(Cl)=C(C(=O)[O-])N1Cc1ccc(-c2ccccc2-c2nnn[nH]2)cc1.[Na+]. The van der Waals surface area contributed by atoms with E-state index in [1.807, 2.05) is 55.5 Å². The van der Waals surface area contributed by atoms with Crippen molar-refractivity contribution < 1.29 is 49.0 Å². The number of carboxylic acids is 1. The maximum atomic E-state index is 12.9. The van der Waals surface area contributed by atoms with Crippen molar-refractivity contribution in [3.8, 4) is 22.5 Å². The smallest absolute Gasteiger partial charge is 0.543 e. The molecule has 200 valence electrons. The fourth-order valence-electron chi connectivity index (χ4n) is 4.91. The number of H-pyrrole nitrogens is 1. The molecular formula is C27H30ClN6NaO4. The van der Waals surface area contributed by atoms with E-state index in [0.717, 1.165) is 35.1 Å². The minimum Gasteiger partial charge on any atom is -0.543 e. The van der Waals surface area contributed by atoms with Gasteiger partial charge in [-0.1, -0.05) is 73.5 Å². The topological polar surface area (TPSA) is 136 Å². The number of carbonyl (C=O) groups excluding carboxylic acids is 2. The zero-order valence-corrected chi connectivity index (χ0v) is 25.3. The fraction of sp³-hybridized carbons (Fsp3) is 0.370. The summed E-state index contributed by atoms with van der Waals surface area (Å²) in [6, 6.07) is 15.5. The van der Waals surface area contributed by atoms with Crippen LogP contribution in [0.1, 0.15) is 45.6 Å². The zero-order valence-electron chi connectivity index (χ0n) is 22.5. The summed E-state index contributed by atoms with van der Waals surface area (Å²) < 4.78 is 5.31. The molecule has 2 N–H and O–H groups in total. The molecule has 12 heteroatoms. The van der Waals surface area contributed by atoms with Gasteiger partial charge in [-0.2, -0.15) is 0 Å². The number of tetrazole rings is 1. The van der Waals surface area contributed by atoms with Crippen LogP contribution in [0.15, 0.2) is 59.4 Å². The second-order valence-corrected chi connectivity index (χ2v) is 9.53. The Hall–Kier alpha value is -2.92. The Morgan fingerprint density at radius 3 is 2.41 bits per heavy atom. The summed E-state index contributed by atoms with van der Waals surface area (Å²) in [6.07, 6.45) is 2.07. The van der Waals surface area contributed by atoms with Crippen molar-refractivity contribution >= 4 is 23.5 Å². The van der Waals surface area contributed by atoms with Crippen LogP contribution in [0, 0.1) is 5.92 Å². The number of hydrogen-bond donors (Lipinski definition) is 2. The number of aromatic amines is 1. The van der Waals surface area contributed by atoms with Gasteiger partial charge in [0.25, 0.3) is 0 Å². The molecule has 39 heavy (non-hydrogen) atoms. The van der Waals surface area contributed by atoms with Crippen molar-refractivity contribution in [1.29, 1.82) is 0 Å². The van der Waals surface area contributed by atoms with E-state index in [1.54, 1.807) is 18.7 Å². The maximum Gasteiger partial charge on any atom is 1.00 e.